The first-order valence-electron chi connectivity index (χ1n) is 5.81. The monoisotopic (exact) mass is 313 g/mol. The van der Waals surface area contributed by atoms with Gasteiger partial charge in [0.2, 0.25) is 5.88 Å². The first-order valence-corrected chi connectivity index (χ1v) is 8.12. The summed E-state index contributed by atoms with van der Waals surface area (Å²) in [5, 5.41) is 0. The van der Waals surface area contributed by atoms with Crippen LogP contribution in [-0.4, -0.2) is 20.0 Å². The molecule has 2 aromatic rings. The van der Waals surface area contributed by atoms with Crippen molar-refractivity contribution in [3.63, 3.8) is 0 Å². The van der Waals surface area contributed by atoms with Gasteiger partial charge in [-0.05, 0) is 31.2 Å². The molecule has 0 unspecified atom stereocenters. The van der Waals surface area contributed by atoms with Crippen molar-refractivity contribution < 1.29 is 17.9 Å². The van der Waals surface area contributed by atoms with Crippen molar-refractivity contribution in [3.05, 3.63) is 42.6 Å². The summed E-state index contributed by atoms with van der Waals surface area (Å²) in [4.78, 5) is 3.71. The lowest BCUT2D eigenvalue weighted by Crippen LogP contribution is -1.98. The van der Waals surface area contributed by atoms with E-state index in [1.807, 2.05) is 6.92 Å². The maximum atomic E-state index is 11.4. The van der Waals surface area contributed by atoms with E-state index in [-0.39, 0.29) is 10.8 Å². The van der Waals surface area contributed by atoms with Gasteiger partial charge in [0.05, 0.1) is 6.61 Å². The highest BCUT2D eigenvalue weighted by Gasteiger charge is 2.18. The second-order valence-electron chi connectivity index (χ2n) is 3.75. The molecule has 0 saturated heterocycles. The second kappa shape index (κ2) is 6.11. The highest BCUT2D eigenvalue weighted by molar-refractivity contribution is 8.13. The molecule has 20 heavy (non-hydrogen) atoms. The van der Waals surface area contributed by atoms with Crippen LogP contribution in [0.5, 0.6) is 17.4 Å². The van der Waals surface area contributed by atoms with Crippen LogP contribution in [0.2, 0.25) is 0 Å². The van der Waals surface area contributed by atoms with E-state index in [4.69, 9.17) is 20.2 Å². The number of aromatic nitrogens is 1. The number of benzene rings is 1. The van der Waals surface area contributed by atoms with Crippen molar-refractivity contribution in [2.45, 2.75) is 11.8 Å². The van der Waals surface area contributed by atoms with Gasteiger partial charge in [0.25, 0.3) is 9.05 Å². The molecule has 0 amide bonds. The van der Waals surface area contributed by atoms with E-state index in [1.54, 1.807) is 24.3 Å². The Labute approximate surface area is 121 Å². The van der Waals surface area contributed by atoms with Gasteiger partial charge >= 0.3 is 0 Å². The van der Waals surface area contributed by atoms with Crippen molar-refractivity contribution in [2.24, 2.45) is 0 Å². The average molecular weight is 314 g/mol. The number of rotatable bonds is 5. The van der Waals surface area contributed by atoms with Crippen LogP contribution >= 0.6 is 10.7 Å². The Morgan fingerprint density at radius 2 is 1.95 bits per heavy atom. The summed E-state index contributed by atoms with van der Waals surface area (Å²) in [6.07, 6.45) is 1.42. The molecule has 1 aromatic carbocycles. The van der Waals surface area contributed by atoms with Crippen LogP contribution in [0.15, 0.2) is 47.5 Å². The summed E-state index contributed by atoms with van der Waals surface area (Å²) in [7, 11) is 1.42. The molecular weight excluding hydrogens is 302 g/mol. The fourth-order valence-electron chi connectivity index (χ4n) is 1.54. The molecule has 0 N–H and O–H groups in total. The molecule has 0 atom stereocenters. The number of nitrogens with zero attached hydrogens (tertiary/aromatic N) is 1. The molecule has 0 radical (unpaired) electrons. The Balaban J connectivity index is 2.33. The van der Waals surface area contributed by atoms with Gasteiger partial charge in [0.1, 0.15) is 16.4 Å². The van der Waals surface area contributed by atoms with Crippen LogP contribution in [0.25, 0.3) is 0 Å². The molecule has 0 saturated carbocycles. The maximum Gasteiger partial charge on any atom is 0.266 e. The van der Waals surface area contributed by atoms with Gasteiger partial charge in [-0.2, -0.15) is 0 Å². The molecule has 7 heteroatoms. The number of halogens is 1. The lowest BCUT2D eigenvalue weighted by Gasteiger charge is -2.09. The van der Waals surface area contributed by atoms with E-state index in [1.165, 1.54) is 18.3 Å². The smallest absolute Gasteiger partial charge is 0.266 e. The average Bonchev–Trinajstić information content (AvgIpc) is 2.39. The quantitative estimate of drug-likeness (QED) is 0.793. The van der Waals surface area contributed by atoms with Crippen LogP contribution in [0, 0.1) is 0 Å². The highest BCUT2D eigenvalue weighted by atomic mass is 35.7. The van der Waals surface area contributed by atoms with Gasteiger partial charge in [0.15, 0.2) is 0 Å². The summed E-state index contributed by atoms with van der Waals surface area (Å²) in [6.45, 7) is 2.39. The van der Waals surface area contributed by atoms with E-state index in [0.29, 0.717) is 18.1 Å². The number of hydrogen-bond donors (Lipinski definition) is 0. The molecule has 0 bridgehead atoms. The Kier molecular flexibility index (Phi) is 4.46. The second-order valence-corrected chi connectivity index (χ2v) is 6.29. The number of ether oxygens (including phenoxy) is 2. The van der Waals surface area contributed by atoms with Crippen molar-refractivity contribution >= 4 is 19.7 Å². The van der Waals surface area contributed by atoms with Crippen molar-refractivity contribution in [2.75, 3.05) is 6.61 Å². The summed E-state index contributed by atoms with van der Waals surface area (Å²) in [5.41, 5.74) is 0. The SMILES string of the molecule is CCOc1cccc(Oc2ncccc2S(=O)(=O)Cl)c1. The molecule has 0 aliphatic rings. The van der Waals surface area contributed by atoms with E-state index >= 15 is 0 Å². The molecule has 1 heterocycles. The largest absolute Gasteiger partial charge is 0.494 e. The molecule has 0 spiro atoms. The predicted molar refractivity (Wildman–Crippen MR) is 75.0 cm³/mol. The van der Waals surface area contributed by atoms with Gasteiger partial charge < -0.3 is 9.47 Å². The molecule has 106 valence electrons. The third-order valence-corrected chi connectivity index (χ3v) is 3.66. The van der Waals surface area contributed by atoms with Crippen LogP contribution in [0.1, 0.15) is 6.92 Å². The summed E-state index contributed by atoms with van der Waals surface area (Å²) < 4.78 is 33.7. The number of hydrogen-bond acceptors (Lipinski definition) is 5. The lowest BCUT2D eigenvalue weighted by atomic mass is 10.3. The minimum absolute atomic E-state index is 0.0730. The Morgan fingerprint density at radius 1 is 1.20 bits per heavy atom. The molecule has 0 aliphatic carbocycles. The van der Waals surface area contributed by atoms with Crippen LogP contribution in [0.4, 0.5) is 0 Å². The van der Waals surface area contributed by atoms with Crippen LogP contribution in [0.3, 0.4) is 0 Å². The minimum Gasteiger partial charge on any atom is -0.494 e. The zero-order chi connectivity index (χ0) is 14.6. The minimum atomic E-state index is -3.92. The zero-order valence-corrected chi connectivity index (χ0v) is 12.2. The standard InChI is InChI=1S/C13H12ClNO4S/c1-2-18-10-5-3-6-11(9-10)19-13-12(20(14,16)17)7-4-8-15-13/h3-9H,2H2,1H3. The van der Waals surface area contributed by atoms with Gasteiger partial charge in [-0.25, -0.2) is 13.4 Å². The Bertz CT molecular complexity index is 703. The van der Waals surface area contributed by atoms with Crippen molar-refractivity contribution in [1.29, 1.82) is 0 Å². The van der Waals surface area contributed by atoms with Crippen molar-refractivity contribution in [3.8, 4) is 17.4 Å². The summed E-state index contributed by atoms with van der Waals surface area (Å²) in [6, 6.07) is 9.62. The Morgan fingerprint density at radius 3 is 2.65 bits per heavy atom. The zero-order valence-electron chi connectivity index (χ0n) is 10.6. The maximum absolute atomic E-state index is 11.4. The number of pyridine rings is 1. The van der Waals surface area contributed by atoms with Gasteiger partial charge in [-0.15, -0.1) is 0 Å². The molecule has 0 aliphatic heterocycles. The van der Waals surface area contributed by atoms with Crippen LogP contribution in [-0.2, 0) is 9.05 Å². The molecule has 0 fully saturated rings. The van der Waals surface area contributed by atoms with Crippen LogP contribution < -0.4 is 9.47 Å². The molecule has 2 rings (SSSR count). The van der Waals surface area contributed by atoms with E-state index in [9.17, 15) is 8.42 Å². The van der Waals surface area contributed by atoms with Crippen molar-refractivity contribution in [1.82, 2.24) is 4.98 Å². The molecular formula is C13H12ClNO4S. The predicted octanol–water partition coefficient (Wildman–Crippen LogP) is 3.20. The van der Waals surface area contributed by atoms with Gasteiger partial charge in [0, 0.05) is 22.9 Å². The summed E-state index contributed by atoms with van der Waals surface area (Å²) >= 11 is 0. The topological polar surface area (TPSA) is 65.5 Å². The first kappa shape index (κ1) is 14.6. The molecule has 1 aromatic heterocycles. The third-order valence-electron chi connectivity index (χ3n) is 2.33. The van der Waals surface area contributed by atoms with Gasteiger partial charge in [-0.1, -0.05) is 6.07 Å². The van der Waals surface area contributed by atoms with E-state index in [2.05, 4.69) is 4.98 Å². The molecule has 5 nitrogen and oxygen atoms in total. The van der Waals surface area contributed by atoms with Gasteiger partial charge in [-0.3, -0.25) is 0 Å². The fraction of sp³-hybridized carbons (Fsp3) is 0.154. The first-order chi connectivity index (χ1) is 9.50. The normalized spacial score (nSPS) is 11.1. The Hall–Kier alpha value is -1.79. The fourth-order valence-corrected chi connectivity index (χ4v) is 2.44. The highest BCUT2D eigenvalue weighted by Crippen LogP contribution is 2.30. The van der Waals surface area contributed by atoms with E-state index in [0.717, 1.165) is 0 Å². The third kappa shape index (κ3) is 3.61. The lowest BCUT2D eigenvalue weighted by molar-refractivity contribution is 0.337. The van der Waals surface area contributed by atoms with E-state index < -0.39 is 9.05 Å². The summed E-state index contributed by atoms with van der Waals surface area (Å²) in [5.74, 6) is 0.962.